The summed E-state index contributed by atoms with van der Waals surface area (Å²) in [7, 11) is 1.62. The number of fused-ring (bicyclic) bond motifs is 1. The number of ether oxygens (including phenoxy) is 3. The van der Waals surface area contributed by atoms with Crippen molar-refractivity contribution in [2.45, 2.75) is 20.3 Å². The van der Waals surface area contributed by atoms with Crippen molar-refractivity contribution in [3.05, 3.63) is 36.1 Å². The van der Waals surface area contributed by atoms with Gasteiger partial charge in [0.05, 0.1) is 19.6 Å². The minimum atomic E-state index is -0.266. The number of methoxy groups -OCH3 is 1. The Morgan fingerprint density at radius 1 is 1.55 bits per heavy atom. The number of esters is 1. The Morgan fingerprint density at radius 3 is 2.95 bits per heavy atom. The van der Waals surface area contributed by atoms with Crippen LogP contribution >= 0.6 is 0 Å². The number of benzene rings is 1. The molecule has 0 aliphatic carbocycles. The molecule has 1 aromatic carbocycles. The third-order valence-electron chi connectivity index (χ3n) is 3.63. The average Bonchev–Trinajstić information content (AvgIpc) is 2.45. The van der Waals surface area contributed by atoms with E-state index in [0.29, 0.717) is 12.4 Å². The maximum Gasteiger partial charge on any atom is 0.309 e. The fourth-order valence-electron chi connectivity index (χ4n) is 2.39. The largest absolute Gasteiger partial charge is 0.497 e. The van der Waals surface area contributed by atoms with E-state index >= 15 is 0 Å². The third kappa shape index (κ3) is 2.79. The lowest BCUT2D eigenvalue weighted by molar-refractivity contribution is -0.149. The van der Waals surface area contributed by atoms with Crippen LogP contribution in [-0.4, -0.2) is 19.7 Å². The molecular weight excluding hydrogens is 256 g/mol. The summed E-state index contributed by atoms with van der Waals surface area (Å²) in [4.78, 5) is 11.9. The zero-order valence-corrected chi connectivity index (χ0v) is 12.1. The molecule has 0 aromatic heterocycles. The van der Waals surface area contributed by atoms with E-state index in [2.05, 4.69) is 6.58 Å². The monoisotopic (exact) mass is 276 g/mol. The second kappa shape index (κ2) is 5.99. The minimum Gasteiger partial charge on any atom is -0.497 e. The maximum atomic E-state index is 11.9. The Labute approximate surface area is 119 Å². The molecule has 108 valence electrons. The van der Waals surface area contributed by atoms with E-state index in [-0.39, 0.29) is 17.8 Å². The molecule has 0 N–H and O–H groups in total. The highest BCUT2D eigenvalue weighted by Gasteiger charge is 2.33. The lowest BCUT2D eigenvalue weighted by Gasteiger charge is -2.30. The number of allylic oxidation sites excluding steroid dienone is 1. The molecule has 2 rings (SSSR count). The summed E-state index contributed by atoms with van der Waals surface area (Å²) in [5.74, 6) is 1.56. The predicted molar refractivity (Wildman–Crippen MR) is 75.8 cm³/mol. The molecule has 20 heavy (non-hydrogen) atoms. The first-order valence-corrected chi connectivity index (χ1v) is 6.77. The lowest BCUT2D eigenvalue weighted by atomic mass is 9.84. The molecule has 0 spiro atoms. The van der Waals surface area contributed by atoms with Crippen LogP contribution in [0, 0.1) is 11.8 Å². The van der Waals surface area contributed by atoms with Gasteiger partial charge in [-0.15, -0.1) is 0 Å². The van der Waals surface area contributed by atoms with E-state index in [1.54, 1.807) is 14.0 Å². The number of hydrogen-bond acceptors (Lipinski definition) is 4. The van der Waals surface area contributed by atoms with E-state index in [9.17, 15) is 4.79 Å². The van der Waals surface area contributed by atoms with Crippen molar-refractivity contribution in [1.29, 1.82) is 0 Å². The van der Waals surface area contributed by atoms with Crippen LogP contribution in [0.3, 0.4) is 0 Å². The maximum absolute atomic E-state index is 11.9. The lowest BCUT2D eigenvalue weighted by Crippen LogP contribution is -2.30. The first-order valence-electron chi connectivity index (χ1n) is 6.77. The van der Waals surface area contributed by atoms with Crippen LogP contribution in [0.15, 0.2) is 30.5 Å². The number of carbonyl (C=O) groups excluding carboxylic acids is 1. The highest BCUT2D eigenvalue weighted by atomic mass is 16.5. The van der Waals surface area contributed by atoms with Gasteiger partial charge in [0, 0.05) is 12.0 Å². The van der Waals surface area contributed by atoms with E-state index < -0.39 is 0 Å². The fourth-order valence-corrected chi connectivity index (χ4v) is 2.39. The van der Waals surface area contributed by atoms with Crippen molar-refractivity contribution in [1.82, 2.24) is 0 Å². The van der Waals surface area contributed by atoms with Gasteiger partial charge in [-0.25, -0.2) is 0 Å². The van der Waals surface area contributed by atoms with Crippen molar-refractivity contribution < 1.29 is 19.0 Å². The minimum absolute atomic E-state index is 0.0602. The Hall–Kier alpha value is -1.97. The molecule has 1 aromatic rings. The molecule has 0 unspecified atom stereocenters. The molecule has 4 nitrogen and oxygen atoms in total. The molecule has 2 atom stereocenters. The van der Waals surface area contributed by atoms with Crippen LogP contribution in [0.2, 0.25) is 0 Å². The normalized spacial score (nSPS) is 18.8. The van der Waals surface area contributed by atoms with Crippen molar-refractivity contribution >= 4 is 5.97 Å². The van der Waals surface area contributed by atoms with Gasteiger partial charge >= 0.3 is 5.97 Å². The van der Waals surface area contributed by atoms with Crippen LogP contribution in [0.5, 0.6) is 11.5 Å². The van der Waals surface area contributed by atoms with E-state index in [1.807, 2.05) is 25.1 Å². The number of rotatable bonds is 4. The van der Waals surface area contributed by atoms with Crippen LogP contribution < -0.4 is 9.47 Å². The molecular formula is C16H20O4. The van der Waals surface area contributed by atoms with E-state index in [0.717, 1.165) is 23.5 Å². The highest BCUT2D eigenvalue weighted by molar-refractivity contribution is 5.73. The molecule has 1 heterocycles. The zero-order valence-electron chi connectivity index (χ0n) is 12.1. The van der Waals surface area contributed by atoms with Gasteiger partial charge in [-0.1, -0.05) is 19.6 Å². The molecule has 0 bridgehead atoms. The van der Waals surface area contributed by atoms with Gasteiger partial charge in [-0.3, -0.25) is 4.79 Å². The van der Waals surface area contributed by atoms with Gasteiger partial charge in [0.2, 0.25) is 0 Å². The van der Waals surface area contributed by atoms with Crippen LogP contribution in [0.25, 0.3) is 0 Å². The number of hydrogen-bond donors (Lipinski definition) is 0. The fraction of sp³-hybridized carbons (Fsp3) is 0.438. The van der Waals surface area contributed by atoms with Crippen LogP contribution in [0.1, 0.15) is 19.4 Å². The summed E-state index contributed by atoms with van der Waals surface area (Å²) in [6, 6.07) is 5.69. The van der Waals surface area contributed by atoms with Crippen molar-refractivity contribution in [3.63, 3.8) is 0 Å². The van der Waals surface area contributed by atoms with E-state index in [4.69, 9.17) is 14.2 Å². The van der Waals surface area contributed by atoms with E-state index in [1.165, 1.54) is 0 Å². The summed E-state index contributed by atoms with van der Waals surface area (Å²) >= 11 is 0. The van der Waals surface area contributed by atoms with Crippen LogP contribution in [0.4, 0.5) is 0 Å². The highest BCUT2D eigenvalue weighted by Crippen LogP contribution is 2.38. The molecule has 4 heteroatoms. The van der Waals surface area contributed by atoms with Gasteiger partial charge in [0.15, 0.2) is 0 Å². The third-order valence-corrected chi connectivity index (χ3v) is 3.63. The molecule has 0 radical (unpaired) electrons. The van der Waals surface area contributed by atoms with Gasteiger partial charge < -0.3 is 14.2 Å². The van der Waals surface area contributed by atoms with Crippen LogP contribution in [-0.2, 0) is 16.0 Å². The predicted octanol–water partition coefficient (Wildman–Crippen LogP) is 2.96. The topological polar surface area (TPSA) is 44.8 Å². The summed E-state index contributed by atoms with van der Waals surface area (Å²) in [6.07, 6.45) is 0.720. The zero-order chi connectivity index (χ0) is 14.7. The second-order valence-corrected chi connectivity index (χ2v) is 4.89. The summed E-state index contributed by atoms with van der Waals surface area (Å²) in [5, 5.41) is 0. The molecule has 1 aliphatic rings. The van der Waals surface area contributed by atoms with Gasteiger partial charge in [0.1, 0.15) is 17.3 Å². The second-order valence-electron chi connectivity index (χ2n) is 4.89. The summed E-state index contributed by atoms with van der Waals surface area (Å²) in [6.45, 7) is 7.99. The average molecular weight is 276 g/mol. The Bertz CT molecular complexity index is 521. The molecule has 0 saturated heterocycles. The standard InChI is InChI=1S/C16H20O4/c1-5-19-16(17)10(2)14-8-12-6-7-13(18-4)9-15(12)20-11(14)3/h6-7,9-10,14H,3,5,8H2,1-2,4H3/t10-,14-/m1/s1. The van der Waals surface area contributed by atoms with Crippen molar-refractivity contribution in [2.75, 3.05) is 13.7 Å². The summed E-state index contributed by atoms with van der Waals surface area (Å²) in [5.41, 5.74) is 1.05. The Kier molecular flexibility index (Phi) is 4.32. The van der Waals surface area contributed by atoms with Gasteiger partial charge in [-0.2, -0.15) is 0 Å². The van der Waals surface area contributed by atoms with Crippen molar-refractivity contribution in [3.8, 4) is 11.5 Å². The number of carbonyl (C=O) groups is 1. The molecule has 0 saturated carbocycles. The smallest absolute Gasteiger partial charge is 0.309 e. The SMILES string of the molecule is C=C1Oc2cc(OC)ccc2C[C@@H]1[C@@H](C)C(=O)OCC. The Balaban J connectivity index is 2.19. The van der Waals surface area contributed by atoms with Crippen molar-refractivity contribution in [2.24, 2.45) is 11.8 Å². The Morgan fingerprint density at radius 2 is 2.30 bits per heavy atom. The first kappa shape index (κ1) is 14.4. The molecule has 0 fully saturated rings. The van der Waals surface area contributed by atoms with Gasteiger partial charge in [-0.05, 0) is 25.0 Å². The molecule has 0 amide bonds. The first-order chi connectivity index (χ1) is 9.56. The summed E-state index contributed by atoms with van der Waals surface area (Å²) < 4.78 is 16.0. The molecule has 1 aliphatic heterocycles. The quantitative estimate of drug-likeness (QED) is 0.793. The van der Waals surface area contributed by atoms with Gasteiger partial charge in [0.25, 0.3) is 0 Å².